The predicted molar refractivity (Wildman–Crippen MR) is 79.7 cm³/mol. The standard InChI is InChI=1S/C16H26O5/c1-12(14(17)9-16(19-2)20-3)15(18)11-21-10-13-7-5-4-6-8-13/h4-8,12,14-18H,9-11H2,1-3H3/t12-,14-,15-/m0/s1. The van der Waals surface area contributed by atoms with E-state index in [4.69, 9.17) is 14.2 Å². The Kier molecular flexibility index (Phi) is 8.49. The molecule has 0 aliphatic rings. The SMILES string of the molecule is COC(C[C@H](O)[C@H](C)[C@@H](O)COCc1ccccc1)OC. The molecule has 1 rings (SSSR count). The summed E-state index contributed by atoms with van der Waals surface area (Å²) in [5, 5.41) is 20.1. The Morgan fingerprint density at radius 1 is 1.00 bits per heavy atom. The third-order valence-corrected chi connectivity index (χ3v) is 3.57. The van der Waals surface area contributed by atoms with Crippen LogP contribution in [0.1, 0.15) is 18.9 Å². The summed E-state index contributed by atoms with van der Waals surface area (Å²) in [6.07, 6.45) is -1.62. The number of aliphatic hydroxyl groups excluding tert-OH is 2. The van der Waals surface area contributed by atoms with E-state index >= 15 is 0 Å². The van der Waals surface area contributed by atoms with E-state index in [9.17, 15) is 10.2 Å². The summed E-state index contributed by atoms with van der Waals surface area (Å²) >= 11 is 0. The van der Waals surface area contributed by atoms with Crippen molar-refractivity contribution in [2.24, 2.45) is 5.92 Å². The molecule has 0 saturated heterocycles. The first-order chi connectivity index (χ1) is 10.1. The quantitative estimate of drug-likeness (QED) is 0.642. The highest BCUT2D eigenvalue weighted by molar-refractivity contribution is 5.13. The van der Waals surface area contributed by atoms with Gasteiger partial charge in [-0.15, -0.1) is 0 Å². The molecule has 5 nitrogen and oxygen atoms in total. The summed E-state index contributed by atoms with van der Waals surface area (Å²) in [6, 6.07) is 9.76. The van der Waals surface area contributed by atoms with E-state index in [0.717, 1.165) is 5.56 Å². The smallest absolute Gasteiger partial charge is 0.159 e. The molecule has 120 valence electrons. The van der Waals surface area contributed by atoms with Crippen LogP contribution in [0.2, 0.25) is 0 Å². The summed E-state index contributed by atoms with van der Waals surface area (Å²) < 4.78 is 15.6. The summed E-state index contributed by atoms with van der Waals surface area (Å²) in [7, 11) is 3.04. The zero-order valence-corrected chi connectivity index (χ0v) is 12.9. The molecule has 0 aliphatic carbocycles. The first-order valence-corrected chi connectivity index (χ1v) is 7.11. The zero-order chi connectivity index (χ0) is 15.7. The van der Waals surface area contributed by atoms with Gasteiger partial charge in [-0.1, -0.05) is 37.3 Å². The van der Waals surface area contributed by atoms with Gasteiger partial charge >= 0.3 is 0 Å². The van der Waals surface area contributed by atoms with Gasteiger partial charge in [0.15, 0.2) is 6.29 Å². The lowest BCUT2D eigenvalue weighted by molar-refractivity contribution is -0.135. The van der Waals surface area contributed by atoms with E-state index < -0.39 is 18.5 Å². The van der Waals surface area contributed by atoms with Crippen molar-refractivity contribution in [1.82, 2.24) is 0 Å². The van der Waals surface area contributed by atoms with Gasteiger partial charge in [-0.05, 0) is 5.56 Å². The summed E-state index contributed by atoms with van der Waals surface area (Å²) in [6.45, 7) is 2.40. The van der Waals surface area contributed by atoms with Gasteiger partial charge in [0.05, 0.1) is 25.4 Å². The maximum atomic E-state index is 10.1. The largest absolute Gasteiger partial charge is 0.393 e. The van der Waals surface area contributed by atoms with Crippen LogP contribution in [0.4, 0.5) is 0 Å². The van der Waals surface area contributed by atoms with Crippen LogP contribution in [0.15, 0.2) is 30.3 Å². The highest BCUT2D eigenvalue weighted by atomic mass is 16.7. The van der Waals surface area contributed by atoms with Crippen molar-refractivity contribution in [2.45, 2.75) is 38.4 Å². The fourth-order valence-corrected chi connectivity index (χ4v) is 1.98. The van der Waals surface area contributed by atoms with E-state index in [1.807, 2.05) is 30.3 Å². The van der Waals surface area contributed by atoms with Crippen molar-refractivity contribution in [3.05, 3.63) is 35.9 Å². The average molecular weight is 298 g/mol. The van der Waals surface area contributed by atoms with Crippen molar-refractivity contribution in [1.29, 1.82) is 0 Å². The second kappa shape index (κ2) is 9.87. The minimum absolute atomic E-state index is 0.178. The van der Waals surface area contributed by atoms with E-state index in [1.54, 1.807) is 6.92 Å². The van der Waals surface area contributed by atoms with E-state index in [0.29, 0.717) is 13.0 Å². The van der Waals surface area contributed by atoms with Gasteiger partial charge < -0.3 is 24.4 Å². The van der Waals surface area contributed by atoms with Crippen LogP contribution < -0.4 is 0 Å². The van der Waals surface area contributed by atoms with Gasteiger partial charge in [0.1, 0.15) is 0 Å². The average Bonchev–Trinajstić information content (AvgIpc) is 2.52. The maximum Gasteiger partial charge on any atom is 0.159 e. The summed E-state index contributed by atoms with van der Waals surface area (Å²) in [5.74, 6) is -0.325. The van der Waals surface area contributed by atoms with E-state index in [1.165, 1.54) is 14.2 Å². The number of benzene rings is 1. The van der Waals surface area contributed by atoms with Crippen molar-refractivity contribution < 1.29 is 24.4 Å². The maximum absolute atomic E-state index is 10.1. The molecule has 0 amide bonds. The van der Waals surface area contributed by atoms with Crippen molar-refractivity contribution in [2.75, 3.05) is 20.8 Å². The van der Waals surface area contributed by atoms with Crippen LogP contribution in [-0.2, 0) is 20.8 Å². The van der Waals surface area contributed by atoms with Crippen LogP contribution in [0, 0.1) is 5.92 Å². The third-order valence-electron chi connectivity index (χ3n) is 3.57. The van der Waals surface area contributed by atoms with Crippen molar-refractivity contribution in [3.63, 3.8) is 0 Å². The zero-order valence-electron chi connectivity index (χ0n) is 12.9. The minimum atomic E-state index is -0.738. The summed E-state index contributed by atoms with van der Waals surface area (Å²) in [4.78, 5) is 0. The molecule has 0 saturated carbocycles. The predicted octanol–water partition coefficient (Wildman–Crippen LogP) is 1.57. The molecule has 0 aromatic heterocycles. The molecule has 0 bridgehead atoms. The first-order valence-electron chi connectivity index (χ1n) is 7.11. The van der Waals surface area contributed by atoms with Gasteiger partial charge in [0.2, 0.25) is 0 Å². The Bertz CT molecular complexity index is 366. The molecule has 2 N–H and O–H groups in total. The number of hydrogen-bond donors (Lipinski definition) is 2. The van der Waals surface area contributed by atoms with Gasteiger partial charge in [0, 0.05) is 26.6 Å². The molecule has 3 atom stereocenters. The van der Waals surface area contributed by atoms with Crippen LogP contribution in [0.5, 0.6) is 0 Å². The van der Waals surface area contributed by atoms with E-state index in [2.05, 4.69) is 0 Å². The van der Waals surface area contributed by atoms with Gasteiger partial charge in [-0.3, -0.25) is 0 Å². The fraction of sp³-hybridized carbons (Fsp3) is 0.625. The number of rotatable bonds is 10. The molecule has 1 aromatic carbocycles. The second-order valence-corrected chi connectivity index (χ2v) is 5.13. The van der Waals surface area contributed by atoms with Crippen molar-refractivity contribution >= 4 is 0 Å². The monoisotopic (exact) mass is 298 g/mol. The molecular formula is C16H26O5. The molecule has 0 fully saturated rings. The Hall–Kier alpha value is -0.980. The highest BCUT2D eigenvalue weighted by Gasteiger charge is 2.25. The Morgan fingerprint density at radius 3 is 2.19 bits per heavy atom. The lowest BCUT2D eigenvalue weighted by Gasteiger charge is -2.26. The first kappa shape index (κ1) is 18.1. The number of aliphatic hydroxyl groups is 2. The Morgan fingerprint density at radius 2 is 1.62 bits per heavy atom. The lowest BCUT2D eigenvalue weighted by atomic mass is 9.96. The molecule has 0 aliphatic heterocycles. The van der Waals surface area contributed by atoms with Gasteiger partial charge in [-0.25, -0.2) is 0 Å². The van der Waals surface area contributed by atoms with Crippen LogP contribution >= 0.6 is 0 Å². The molecule has 21 heavy (non-hydrogen) atoms. The molecule has 0 heterocycles. The molecular weight excluding hydrogens is 272 g/mol. The topological polar surface area (TPSA) is 68.2 Å². The summed E-state index contributed by atoms with van der Waals surface area (Å²) in [5.41, 5.74) is 1.05. The van der Waals surface area contributed by atoms with Crippen LogP contribution in [-0.4, -0.2) is 49.5 Å². The fourth-order valence-electron chi connectivity index (χ4n) is 1.98. The molecule has 5 heteroatoms. The van der Waals surface area contributed by atoms with Crippen molar-refractivity contribution in [3.8, 4) is 0 Å². The molecule has 0 spiro atoms. The molecule has 0 unspecified atom stereocenters. The highest BCUT2D eigenvalue weighted by Crippen LogP contribution is 2.16. The number of hydrogen-bond acceptors (Lipinski definition) is 5. The lowest BCUT2D eigenvalue weighted by Crippen LogP contribution is -2.35. The number of methoxy groups -OCH3 is 2. The minimum Gasteiger partial charge on any atom is -0.393 e. The Balaban J connectivity index is 2.31. The number of ether oxygens (including phenoxy) is 3. The Labute approximate surface area is 126 Å². The van der Waals surface area contributed by atoms with Gasteiger partial charge in [0.25, 0.3) is 0 Å². The molecule has 1 aromatic rings. The van der Waals surface area contributed by atoms with Crippen LogP contribution in [0.3, 0.4) is 0 Å². The van der Waals surface area contributed by atoms with E-state index in [-0.39, 0.29) is 12.5 Å². The molecule has 0 radical (unpaired) electrons. The van der Waals surface area contributed by atoms with Crippen LogP contribution in [0.25, 0.3) is 0 Å². The third kappa shape index (κ3) is 6.54. The van der Waals surface area contributed by atoms with Gasteiger partial charge in [-0.2, -0.15) is 0 Å². The normalized spacial score (nSPS) is 15.9. The second-order valence-electron chi connectivity index (χ2n) is 5.13.